The van der Waals surface area contributed by atoms with Crippen LogP contribution in [0.25, 0.3) is 22.4 Å². The van der Waals surface area contributed by atoms with Crippen molar-refractivity contribution in [2.45, 2.75) is 50.5 Å². The monoisotopic (exact) mass is 551 g/mol. The quantitative estimate of drug-likeness (QED) is 0.354. The van der Waals surface area contributed by atoms with Crippen LogP contribution in [0.5, 0.6) is 0 Å². The van der Waals surface area contributed by atoms with Crippen LogP contribution >= 0.6 is 0 Å². The van der Waals surface area contributed by atoms with Crippen LogP contribution in [0.3, 0.4) is 0 Å². The van der Waals surface area contributed by atoms with Gasteiger partial charge in [-0.05, 0) is 69.6 Å². The molecule has 2 bridgehead atoms. The molecular formula is C28H27F2N5O3S. The number of aromatic nitrogens is 4. The van der Waals surface area contributed by atoms with Crippen LogP contribution in [-0.4, -0.2) is 39.2 Å². The molecule has 0 saturated heterocycles. The number of aryl methyl sites for hydroxylation is 1. The normalized spacial score (nSPS) is 22.8. The highest BCUT2D eigenvalue weighted by Crippen LogP contribution is 2.46. The predicted octanol–water partition coefficient (Wildman–Crippen LogP) is 5.12. The first-order chi connectivity index (χ1) is 18.6. The fourth-order valence-electron chi connectivity index (χ4n) is 6.24. The van der Waals surface area contributed by atoms with Crippen LogP contribution in [0, 0.1) is 36.3 Å². The number of nitrogens with one attached hydrogen (secondary N) is 1. The number of nitrogens with zero attached hydrogens (tertiary/aromatic N) is 4. The fourth-order valence-corrected chi connectivity index (χ4v) is 7.56. The summed E-state index contributed by atoms with van der Waals surface area (Å²) in [4.78, 5) is 25.1. The zero-order valence-electron chi connectivity index (χ0n) is 21.4. The van der Waals surface area contributed by atoms with Gasteiger partial charge in [0.1, 0.15) is 11.6 Å². The van der Waals surface area contributed by atoms with E-state index < -0.39 is 21.7 Å². The number of anilines is 1. The first-order valence-corrected chi connectivity index (χ1v) is 14.4. The molecule has 202 valence electrons. The highest BCUT2D eigenvalue weighted by Gasteiger charge is 2.46. The van der Waals surface area contributed by atoms with E-state index in [0.717, 1.165) is 53.7 Å². The molecule has 8 nitrogen and oxygen atoms in total. The van der Waals surface area contributed by atoms with Gasteiger partial charge in [0.2, 0.25) is 0 Å². The third-order valence-corrected chi connectivity index (χ3v) is 9.80. The Morgan fingerprint density at radius 1 is 1.03 bits per heavy atom. The van der Waals surface area contributed by atoms with Crippen LogP contribution in [0.1, 0.15) is 38.2 Å². The van der Waals surface area contributed by atoms with Crippen LogP contribution < -0.4 is 5.32 Å². The van der Waals surface area contributed by atoms with Gasteiger partial charge >= 0.3 is 0 Å². The number of carbonyl (C=O) groups is 1. The van der Waals surface area contributed by atoms with E-state index in [4.69, 9.17) is 0 Å². The molecule has 39 heavy (non-hydrogen) atoms. The average Bonchev–Trinajstić information content (AvgIpc) is 3.30. The maximum absolute atomic E-state index is 15.0. The minimum Gasteiger partial charge on any atom is -0.364 e. The number of halogens is 2. The predicted molar refractivity (Wildman–Crippen MR) is 141 cm³/mol. The van der Waals surface area contributed by atoms with Crippen molar-refractivity contribution < 1.29 is 22.0 Å². The van der Waals surface area contributed by atoms with Gasteiger partial charge in [0, 0.05) is 29.1 Å². The lowest BCUT2D eigenvalue weighted by atomic mass is 9.60. The van der Waals surface area contributed by atoms with Crippen molar-refractivity contribution in [3.8, 4) is 11.4 Å². The van der Waals surface area contributed by atoms with Crippen LogP contribution in [-0.2, 0) is 14.8 Å². The van der Waals surface area contributed by atoms with E-state index in [1.807, 2.05) is 6.92 Å². The number of benzene rings is 1. The number of pyridine rings is 1. The van der Waals surface area contributed by atoms with Gasteiger partial charge in [0.15, 0.2) is 23.1 Å². The summed E-state index contributed by atoms with van der Waals surface area (Å²) in [5.74, 6) is -1.10. The summed E-state index contributed by atoms with van der Waals surface area (Å²) < 4.78 is 57.3. The lowest BCUT2D eigenvalue weighted by Gasteiger charge is -2.48. The summed E-state index contributed by atoms with van der Waals surface area (Å²) in [5.41, 5.74) is 1.07. The molecular weight excluding hydrogens is 524 g/mol. The summed E-state index contributed by atoms with van der Waals surface area (Å²) in [5, 5.41) is 3.36. The number of hydrogen-bond donors (Lipinski definition) is 1. The summed E-state index contributed by atoms with van der Waals surface area (Å²) in [7, 11) is -4.10. The van der Waals surface area contributed by atoms with Crippen molar-refractivity contribution in [2.24, 2.45) is 17.8 Å². The first-order valence-electron chi connectivity index (χ1n) is 12.9. The van der Waals surface area contributed by atoms with Crippen LogP contribution in [0.4, 0.5) is 14.6 Å². The van der Waals surface area contributed by atoms with Gasteiger partial charge in [-0.2, -0.15) is 0 Å². The SMILES string of the molecule is CC(=O)[C@H]1C2CCC(CC2)C1Nc1nc(-c2cn(S(=O)(=O)c3ccc(C)cc3)c3ncc(F)cc23)ncc1F. The summed E-state index contributed by atoms with van der Waals surface area (Å²) in [6, 6.07) is 7.23. The molecule has 3 heterocycles. The average molecular weight is 552 g/mol. The topological polar surface area (TPSA) is 107 Å². The molecule has 3 aliphatic rings. The molecule has 0 amide bonds. The van der Waals surface area contributed by atoms with Crippen molar-refractivity contribution in [2.75, 3.05) is 5.32 Å². The molecule has 1 aromatic carbocycles. The molecule has 0 radical (unpaired) electrons. The third kappa shape index (κ3) is 4.38. The molecule has 3 aliphatic carbocycles. The Morgan fingerprint density at radius 2 is 1.72 bits per heavy atom. The molecule has 3 aromatic heterocycles. The minimum atomic E-state index is -4.10. The fraction of sp³-hybridized carbons (Fsp3) is 0.357. The number of rotatable bonds is 6. The number of fused-ring (bicyclic) bond motifs is 4. The molecule has 11 heteroatoms. The molecule has 0 aliphatic heterocycles. The van der Waals surface area contributed by atoms with E-state index in [0.29, 0.717) is 0 Å². The maximum Gasteiger partial charge on any atom is 0.269 e. The Labute approximate surface area is 224 Å². The molecule has 1 unspecified atom stereocenters. The molecule has 4 aromatic rings. The van der Waals surface area contributed by atoms with Crippen molar-refractivity contribution in [3.63, 3.8) is 0 Å². The Bertz CT molecular complexity index is 1700. The van der Waals surface area contributed by atoms with E-state index in [9.17, 15) is 22.0 Å². The Balaban J connectivity index is 1.44. The van der Waals surface area contributed by atoms with Crippen LogP contribution in [0.2, 0.25) is 0 Å². The van der Waals surface area contributed by atoms with E-state index in [-0.39, 0.29) is 62.7 Å². The standard InChI is InChI=1S/C28H27F2N5O3S/c1-15-3-9-20(10-4-15)39(37,38)35-14-22(21-11-19(29)12-32-28(21)35)26-31-13-23(30)27(34-26)33-25-18-7-5-17(6-8-18)24(25)16(2)36/h3-4,9-14,17-18,24-25H,5-8H2,1-2H3,(H,31,33,34)/t17?,18?,24-,25?/m0/s1. The second-order valence-corrected chi connectivity index (χ2v) is 12.4. The summed E-state index contributed by atoms with van der Waals surface area (Å²) in [6.07, 6.45) is 7.10. The van der Waals surface area contributed by atoms with E-state index in [1.165, 1.54) is 18.3 Å². The Hall–Kier alpha value is -3.73. The molecule has 7 rings (SSSR count). The summed E-state index contributed by atoms with van der Waals surface area (Å²) >= 11 is 0. The second-order valence-electron chi connectivity index (χ2n) is 10.6. The van der Waals surface area contributed by atoms with E-state index >= 15 is 0 Å². The van der Waals surface area contributed by atoms with E-state index in [1.54, 1.807) is 19.1 Å². The van der Waals surface area contributed by atoms with Crippen molar-refractivity contribution in [1.82, 2.24) is 18.9 Å². The van der Waals surface area contributed by atoms with Gasteiger partial charge in [0.25, 0.3) is 10.0 Å². The van der Waals surface area contributed by atoms with E-state index in [2.05, 4.69) is 20.3 Å². The zero-order valence-corrected chi connectivity index (χ0v) is 22.3. The zero-order chi connectivity index (χ0) is 27.5. The highest BCUT2D eigenvalue weighted by atomic mass is 32.2. The van der Waals surface area contributed by atoms with Crippen molar-refractivity contribution in [1.29, 1.82) is 0 Å². The van der Waals surface area contributed by atoms with Gasteiger partial charge in [-0.1, -0.05) is 17.7 Å². The van der Waals surface area contributed by atoms with Gasteiger partial charge in [-0.3, -0.25) is 4.79 Å². The van der Waals surface area contributed by atoms with Gasteiger partial charge < -0.3 is 5.32 Å². The number of carbonyl (C=O) groups excluding carboxylic acids is 1. The maximum atomic E-state index is 15.0. The first kappa shape index (κ1) is 25.5. The highest BCUT2D eigenvalue weighted by molar-refractivity contribution is 7.90. The van der Waals surface area contributed by atoms with Gasteiger partial charge in [-0.25, -0.2) is 36.1 Å². The Morgan fingerprint density at radius 3 is 2.41 bits per heavy atom. The molecule has 1 N–H and O–H groups in total. The largest absolute Gasteiger partial charge is 0.364 e. The van der Waals surface area contributed by atoms with Crippen molar-refractivity contribution in [3.05, 3.63) is 66.1 Å². The molecule has 3 saturated carbocycles. The minimum absolute atomic E-state index is 0.00403. The smallest absolute Gasteiger partial charge is 0.269 e. The summed E-state index contributed by atoms with van der Waals surface area (Å²) in [6.45, 7) is 3.42. The third-order valence-electron chi connectivity index (χ3n) is 8.13. The number of Topliss-reactive ketones (excluding diaryl/α,β-unsaturated/α-hetero) is 1. The van der Waals surface area contributed by atoms with Gasteiger partial charge in [-0.15, -0.1) is 0 Å². The number of ketones is 1. The lowest BCUT2D eigenvalue weighted by Crippen LogP contribution is -2.51. The lowest BCUT2D eigenvalue weighted by molar-refractivity contribution is -0.126. The van der Waals surface area contributed by atoms with Crippen molar-refractivity contribution >= 4 is 32.7 Å². The van der Waals surface area contributed by atoms with Crippen LogP contribution in [0.15, 0.2) is 53.8 Å². The molecule has 3 fully saturated rings. The molecule has 0 spiro atoms. The molecule has 2 atom stereocenters. The second kappa shape index (κ2) is 9.48. The number of hydrogen-bond acceptors (Lipinski definition) is 7. The Kier molecular flexibility index (Phi) is 6.21. The van der Waals surface area contributed by atoms with Gasteiger partial charge in [0.05, 0.1) is 17.3 Å².